The Kier molecular flexibility index (Phi) is 4.17. The van der Waals surface area contributed by atoms with Crippen molar-refractivity contribution in [3.8, 4) is 0 Å². The summed E-state index contributed by atoms with van der Waals surface area (Å²) in [6.07, 6.45) is -3.10. The first kappa shape index (κ1) is 16.3. The van der Waals surface area contributed by atoms with Crippen LogP contribution in [-0.2, 0) is 4.79 Å². The van der Waals surface area contributed by atoms with Crippen LogP contribution in [0.1, 0.15) is 30.4 Å². The Hall–Kier alpha value is -2.06. The van der Waals surface area contributed by atoms with Gasteiger partial charge in [-0.1, -0.05) is 0 Å². The molecule has 2 rings (SSSR count). The molecule has 2 atom stereocenters. The molecule has 1 fully saturated rings. The molecule has 122 valence electrons. The molecule has 2 heterocycles. The summed E-state index contributed by atoms with van der Waals surface area (Å²) in [5, 5.41) is 12.9. The number of carbonyl (C=O) groups excluding carboxylic acids is 1. The van der Waals surface area contributed by atoms with Gasteiger partial charge >= 0.3 is 12.1 Å². The third-order valence-electron chi connectivity index (χ3n) is 3.70. The van der Waals surface area contributed by atoms with Crippen molar-refractivity contribution in [3.05, 3.63) is 18.0 Å². The molecule has 6 nitrogen and oxygen atoms in total. The zero-order valence-corrected chi connectivity index (χ0v) is 12.0. The minimum Gasteiger partial charge on any atom is -0.481 e. The molecule has 1 saturated heterocycles. The number of aliphatic carboxylic acids is 1. The molecule has 1 aromatic heterocycles. The third kappa shape index (κ3) is 3.07. The van der Waals surface area contributed by atoms with E-state index in [1.807, 2.05) is 13.8 Å². The quantitative estimate of drug-likeness (QED) is 0.922. The van der Waals surface area contributed by atoms with Crippen LogP contribution in [0.4, 0.5) is 13.2 Å². The van der Waals surface area contributed by atoms with Gasteiger partial charge in [0.2, 0.25) is 0 Å². The van der Waals surface area contributed by atoms with Gasteiger partial charge in [0, 0.05) is 25.3 Å². The lowest BCUT2D eigenvalue weighted by atomic mass is 9.96. The van der Waals surface area contributed by atoms with Crippen molar-refractivity contribution < 1.29 is 27.9 Å². The molecule has 0 aliphatic carbocycles. The maximum Gasteiger partial charge on any atom is 0.394 e. The zero-order valence-electron chi connectivity index (χ0n) is 12.0. The molecular formula is C13H16F3N3O3. The smallest absolute Gasteiger partial charge is 0.394 e. The molecule has 1 amide bonds. The Morgan fingerprint density at radius 3 is 2.41 bits per heavy atom. The highest BCUT2D eigenvalue weighted by Gasteiger charge is 2.53. The average Bonchev–Trinajstić information content (AvgIpc) is 3.04. The maximum atomic E-state index is 12.9. The van der Waals surface area contributed by atoms with E-state index < -0.39 is 43.0 Å². The van der Waals surface area contributed by atoms with Crippen molar-refractivity contribution in [3.63, 3.8) is 0 Å². The number of rotatable bonds is 3. The van der Waals surface area contributed by atoms with Gasteiger partial charge in [-0.05, 0) is 19.9 Å². The van der Waals surface area contributed by atoms with Gasteiger partial charge in [0.25, 0.3) is 5.91 Å². The molecule has 1 aliphatic rings. The minimum atomic E-state index is -4.66. The Morgan fingerprint density at radius 2 is 2.00 bits per heavy atom. The molecule has 1 aromatic rings. The van der Waals surface area contributed by atoms with E-state index in [4.69, 9.17) is 5.11 Å². The molecule has 22 heavy (non-hydrogen) atoms. The summed E-state index contributed by atoms with van der Waals surface area (Å²) < 4.78 is 40.2. The second-order valence-electron chi connectivity index (χ2n) is 5.58. The zero-order chi connectivity index (χ0) is 16.7. The number of likely N-dealkylation sites (tertiary alicyclic amines) is 1. The molecule has 0 aromatic carbocycles. The highest BCUT2D eigenvalue weighted by atomic mass is 19.4. The van der Waals surface area contributed by atoms with Gasteiger partial charge in [0.05, 0.1) is 11.8 Å². The summed E-state index contributed by atoms with van der Waals surface area (Å²) >= 11 is 0. The largest absolute Gasteiger partial charge is 0.481 e. The van der Waals surface area contributed by atoms with Crippen LogP contribution in [0.5, 0.6) is 0 Å². The number of carbonyl (C=O) groups is 2. The Balaban J connectivity index is 2.19. The normalized spacial score (nSPS) is 22.4. The average molecular weight is 319 g/mol. The Morgan fingerprint density at radius 1 is 1.36 bits per heavy atom. The fraction of sp³-hybridized carbons (Fsp3) is 0.615. The molecule has 1 N–H and O–H groups in total. The van der Waals surface area contributed by atoms with E-state index in [-0.39, 0.29) is 11.7 Å². The topological polar surface area (TPSA) is 75.4 Å². The number of hydrogen-bond donors (Lipinski definition) is 1. The fourth-order valence-corrected chi connectivity index (χ4v) is 2.45. The molecule has 0 radical (unpaired) electrons. The first-order valence-corrected chi connectivity index (χ1v) is 6.75. The highest BCUT2D eigenvalue weighted by molar-refractivity contribution is 5.93. The first-order chi connectivity index (χ1) is 10.1. The van der Waals surface area contributed by atoms with Crippen LogP contribution in [0.2, 0.25) is 0 Å². The van der Waals surface area contributed by atoms with Gasteiger partial charge < -0.3 is 10.0 Å². The van der Waals surface area contributed by atoms with Gasteiger partial charge in [-0.25, -0.2) is 0 Å². The molecule has 0 saturated carbocycles. The van der Waals surface area contributed by atoms with Crippen molar-refractivity contribution in [1.82, 2.24) is 14.7 Å². The lowest BCUT2D eigenvalue weighted by molar-refractivity contribution is -0.187. The lowest BCUT2D eigenvalue weighted by Gasteiger charge is -2.18. The standard InChI is InChI=1S/C13H16F3N3O3/c1-7(2)19-4-3-10(17-19)11(20)18-5-8(12(21)22)9(6-18)13(14,15)16/h3-4,7-9H,5-6H2,1-2H3,(H,21,22)/t8-,9-/m1/s1. The van der Waals surface area contributed by atoms with Crippen LogP contribution in [0.25, 0.3) is 0 Å². The summed E-state index contributed by atoms with van der Waals surface area (Å²) in [6, 6.07) is 1.42. The van der Waals surface area contributed by atoms with Gasteiger partial charge in [-0.15, -0.1) is 0 Å². The van der Waals surface area contributed by atoms with Crippen LogP contribution in [0.15, 0.2) is 12.3 Å². The number of halogens is 3. The van der Waals surface area contributed by atoms with E-state index in [9.17, 15) is 22.8 Å². The summed E-state index contributed by atoms with van der Waals surface area (Å²) in [6.45, 7) is 2.56. The van der Waals surface area contributed by atoms with Gasteiger partial charge in [0.15, 0.2) is 0 Å². The number of nitrogens with zero attached hydrogens (tertiary/aromatic N) is 3. The first-order valence-electron chi connectivity index (χ1n) is 6.75. The highest BCUT2D eigenvalue weighted by Crippen LogP contribution is 2.38. The van der Waals surface area contributed by atoms with Crippen molar-refractivity contribution in [1.29, 1.82) is 0 Å². The molecule has 9 heteroatoms. The fourth-order valence-electron chi connectivity index (χ4n) is 2.45. The third-order valence-corrected chi connectivity index (χ3v) is 3.70. The minimum absolute atomic E-state index is 0.00909. The lowest BCUT2D eigenvalue weighted by Crippen LogP contribution is -2.34. The number of hydrogen-bond acceptors (Lipinski definition) is 3. The molecule has 1 aliphatic heterocycles. The number of amides is 1. The summed E-state index contributed by atoms with van der Waals surface area (Å²) in [5.41, 5.74) is 0.0145. The van der Waals surface area contributed by atoms with Crippen LogP contribution in [-0.4, -0.2) is 50.9 Å². The van der Waals surface area contributed by atoms with Crippen LogP contribution in [0, 0.1) is 11.8 Å². The van der Waals surface area contributed by atoms with Crippen molar-refractivity contribution >= 4 is 11.9 Å². The van der Waals surface area contributed by atoms with Crippen molar-refractivity contribution in [2.45, 2.75) is 26.1 Å². The molecular weight excluding hydrogens is 303 g/mol. The number of aromatic nitrogens is 2. The summed E-state index contributed by atoms with van der Waals surface area (Å²) in [4.78, 5) is 24.1. The van der Waals surface area contributed by atoms with Crippen LogP contribution >= 0.6 is 0 Å². The van der Waals surface area contributed by atoms with E-state index in [0.29, 0.717) is 0 Å². The number of carboxylic acid groups (broad SMARTS) is 1. The van der Waals surface area contributed by atoms with E-state index >= 15 is 0 Å². The van der Waals surface area contributed by atoms with Crippen LogP contribution in [0.3, 0.4) is 0 Å². The number of alkyl halides is 3. The second-order valence-corrected chi connectivity index (χ2v) is 5.58. The molecule has 0 unspecified atom stereocenters. The number of carboxylic acids is 1. The summed E-state index contributed by atoms with van der Waals surface area (Å²) in [7, 11) is 0. The monoisotopic (exact) mass is 319 g/mol. The predicted octanol–water partition coefficient (Wildman–Crippen LogP) is 1.80. The maximum absolute atomic E-state index is 12.9. The second kappa shape index (κ2) is 5.62. The van der Waals surface area contributed by atoms with E-state index in [0.717, 1.165) is 4.90 Å². The van der Waals surface area contributed by atoms with Crippen LogP contribution < -0.4 is 0 Å². The van der Waals surface area contributed by atoms with Crippen molar-refractivity contribution in [2.24, 2.45) is 11.8 Å². The predicted molar refractivity (Wildman–Crippen MR) is 69.2 cm³/mol. The van der Waals surface area contributed by atoms with Gasteiger partial charge in [-0.2, -0.15) is 18.3 Å². The van der Waals surface area contributed by atoms with Crippen molar-refractivity contribution in [2.75, 3.05) is 13.1 Å². The molecule has 0 spiro atoms. The van der Waals surface area contributed by atoms with Gasteiger partial charge in [0.1, 0.15) is 5.69 Å². The summed E-state index contributed by atoms with van der Waals surface area (Å²) in [5.74, 6) is -5.93. The Bertz CT molecular complexity index is 583. The SMILES string of the molecule is CC(C)n1ccc(C(=O)N2C[C@@H](C(F)(F)F)[C@H](C(=O)O)C2)n1. The van der Waals surface area contributed by atoms with Gasteiger partial charge in [-0.3, -0.25) is 14.3 Å². The Labute approximate surface area is 124 Å². The van der Waals surface area contributed by atoms with E-state index in [2.05, 4.69) is 5.10 Å². The van der Waals surface area contributed by atoms with E-state index in [1.165, 1.54) is 10.7 Å². The van der Waals surface area contributed by atoms with E-state index in [1.54, 1.807) is 6.20 Å². The molecule has 0 bridgehead atoms.